The molecule has 0 bridgehead atoms. The Hall–Kier alpha value is -1.55. The van der Waals surface area contributed by atoms with Gasteiger partial charge in [0.05, 0.1) is 18.1 Å². The highest BCUT2D eigenvalue weighted by Crippen LogP contribution is 2.23. The molecule has 0 fully saturated rings. The van der Waals surface area contributed by atoms with Crippen molar-refractivity contribution in [1.29, 1.82) is 0 Å². The van der Waals surface area contributed by atoms with Crippen LogP contribution < -0.4 is 10.5 Å². The number of nitrogens with zero attached hydrogens (tertiary/aromatic N) is 2. The molecule has 0 saturated heterocycles. The lowest BCUT2D eigenvalue weighted by atomic mass is 10.2. The summed E-state index contributed by atoms with van der Waals surface area (Å²) in [7, 11) is 1.69. The number of ether oxygens (including phenoxy) is 1. The number of nitrogens with two attached hydrogens (primary N) is 1. The lowest BCUT2D eigenvalue weighted by Crippen LogP contribution is -2.05. The van der Waals surface area contributed by atoms with E-state index in [1.807, 2.05) is 12.1 Å². The molecule has 19 heavy (non-hydrogen) atoms. The third kappa shape index (κ3) is 3.07. The lowest BCUT2D eigenvalue weighted by Gasteiger charge is -2.07. The molecule has 0 unspecified atom stereocenters. The summed E-state index contributed by atoms with van der Waals surface area (Å²) in [5.74, 6) is 2.03. The Bertz CT molecular complexity index is 533. The van der Waals surface area contributed by atoms with Gasteiger partial charge in [0.1, 0.15) is 11.6 Å². The molecule has 0 amide bonds. The van der Waals surface area contributed by atoms with Crippen LogP contribution in [0.4, 0.5) is 0 Å². The van der Waals surface area contributed by atoms with Crippen LogP contribution in [0.25, 0.3) is 11.0 Å². The quantitative estimate of drug-likeness (QED) is 0.780. The zero-order valence-electron chi connectivity index (χ0n) is 11.9. The molecule has 2 aromatic rings. The molecule has 0 aliphatic heterocycles. The normalized spacial score (nSPS) is 11.1. The molecule has 0 spiro atoms. The lowest BCUT2D eigenvalue weighted by molar-refractivity contribution is 0.415. The van der Waals surface area contributed by atoms with Gasteiger partial charge in [-0.2, -0.15) is 0 Å². The van der Waals surface area contributed by atoms with Crippen molar-refractivity contribution >= 4 is 11.0 Å². The molecule has 0 aliphatic rings. The van der Waals surface area contributed by atoms with E-state index >= 15 is 0 Å². The van der Waals surface area contributed by atoms with E-state index in [4.69, 9.17) is 15.5 Å². The Balaban J connectivity index is 2.34. The fraction of sp³-hybridized carbons (Fsp3) is 0.533. The van der Waals surface area contributed by atoms with Gasteiger partial charge in [0.15, 0.2) is 0 Å². The van der Waals surface area contributed by atoms with E-state index in [9.17, 15) is 0 Å². The average molecular weight is 261 g/mol. The second-order valence-electron chi connectivity index (χ2n) is 4.78. The van der Waals surface area contributed by atoms with Crippen LogP contribution in [0, 0.1) is 0 Å². The number of aryl methyl sites for hydroxylation is 2. The average Bonchev–Trinajstić information content (AvgIpc) is 2.77. The van der Waals surface area contributed by atoms with E-state index in [2.05, 4.69) is 17.6 Å². The fourth-order valence-electron chi connectivity index (χ4n) is 2.38. The smallest absolute Gasteiger partial charge is 0.121 e. The molecule has 1 aromatic heterocycles. The van der Waals surface area contributed by atoms with Gasteiger partial charge in [-0.3, -0.25) is 0 Å². The second-order valence-corrected chi connectivity index (χ2v) is 4.78. The summed E-state index contributed by atoms with van der Waals surface area (Å²) in [6, 6.07) is 6.11. The van der Waals surface area contributed by atoms with E-state index in [0.717, 1.165) is 50.0 Å². The van der Waals surface area contributed by atoms with Crippen LogP contribution in [0.1, 0.15) is 32.0 Å². The summed E-state index contributed by atoms with van der Waals surface area (Å²) in [5.41, 5.74) is 7.78. The van der Waals surface area contributed by atoms with E-state index in [0.29, 0.717) is 0 Å². The summed E-state index contributed by atoms with van der Waals surface area (Å²) in [5, 5.41) is 0. The van der Waals surface area contributed by atoms with Crippen molar-refractivity contribution in [3.05, 3.63) is 24.0 Å². The number of hydrogen-bond acceptors (Lipinski definition) is 3. The molecule has 0 atom stereocenters. The van der Waals surface area contributed by atoms with Gasteiger partial charge < -0.3 is 15.0 Å². The third-order valence-corrected chi connectivity index (χ3v) is 3.34. The first-order valence-electron chi connectivity index (χ1n) is 7.03. The summed E-state index contributed by atoms with van der Waals surface area (Å²) < 4.78 is 7.59. The van der Waals surface area contributed by atoms with Crippen LogP contribution in [0.2, 0.25) is 0 Å². The molecular weight excluding hydrogens is 238 g/mol. The van der Waals surface area contributed by atoms with Gasteiger partial charge >= 0.3 is 0 Å². The van der Waals surface area contributed by atoms with Crippen molar-refractivity contribution < 1.29 is 4.74 Å². The number of aromatic nitrogens is 2. The Kier molecular flexibility index (Phi) is 4.80. The highest BCUT2D eigenvalue weighted by Gasteiger charge is 2.10. The summed E-state index contributed by atoms with van der Waals surface area (Å²) in [4.78, 5) is 4.75. The topological polar surface area (TPSA) is 53.1 Å². The van der Waals surface area contributed by atoms with Crippen molar-refractivity contribution in [1.82, 2.24) is 9.55 Å². The summed E-state index contributed by atoms with van der Waals surface area (Å²) in [6.45, 7) is 3.96. The Morgan fingerprint density at radius 2 is 2.16 bits per heavy atom. The highest BCUT2D eigenvalue weighted by atomic mass is 16.5. The van der Waals surface area contributed by atoms with Crippen LogP contribution in [-0.2, 0) is 13.0 Å². The van der Waals surface area contributed by atoms with Crippen molar-refractivity contribution in [3.8, 4) is 5.75 Å². The first-order valence-corrected chi connectivity index (χ1v) is 7.03. The maximum atomic E-state index is 5.56. The van der Waals surface area contributed by atoms with E-state index in [-0.39, 0.29) is 0 Å². The number of rotatable bonds is 7. The Labute approximate surface area is 114 Å². The molecule has 0 aliphatic carbocycles. The van der Waals surface area contributed by atoms with Crippen LogP contribution in [0.15, 0.2) is 18.2 Å². The minimum absolute atomic E-state index is 0.752. The minimum Gasteiger partial charge on any atom is -0.497 e. The maximum absolute atomic E-state index is 5.56. The van der Waals surface area contributed by atoms with Crippen molar-refractivity contribution in [3.63, 3.8) is 0 Å². The molecule has 1 aromatic carbocycles. The van der Waals surface area contributed by atoms with Crippen LogP contribution in [0.5, 0.6) is 5.75 Å². The summed E-state index contributed by atoms with van der Waals surface area (Å²) in [6.07, 6.45) is 4.26. The number of hydrogen-bond donors (Lipinski definition) is 1. The van der Waals surface area contributed by atoms with Gasteiger partial charge in [0.2, 0.25) is 0 Å². The van der Waals surface area contributed by atoms with Crippen molar-refractivity contribution in [2.75, 3.05) is 13.7 Å². The van der Waals surface area contributed by atoms with Crippen molar-refractivity contribution in [2.24, 2.45) is 5.73 Å². The summed E-state index contributed by atoms with van der Waals surface area (Å²) >= 11 is 0. The van der Waals surface area contributed by atoms with Gasteiger partial charge in [0, 0.05) is 19.0 Å². The molecule has 0 saturated carbocycles. The van der Waals surface area contributed by atoms with Crippen LogP contribution >= 0.6 is 0 Å². The molecule has 1 heterocycles. The van der Waals surface area contributed by atoms with Gasteiger partial charge in [-0.15, -0.1) is 0 Å². The minimum atomic E-state index is 0.752. The Morgan fingerprint density at radius 1 is 1.32 bits per heavy atom. The molecule has 104 valence electrons. The first kappa shape index (κ1) is 13.9. The van der Waals surface area contributed by atoms with Crippen LogP contribution in [0.3, 0.4) is 0 Å². The molecular formula is C15H23N3O. The van der Waals surface area contributed by atoms with Crippen molar-refractivity contribution in [2.45, 2.75) is 39.2 Å². The second kappa shape index (κ2) is 6.57. The molecule has 2 N–H and O–H groups in total. The molecule has 0 radical (unpaired) electrons. The largest absolute Gasteiger partial charge is 0.497 e. The number of methoxy groups -OCH3 is 1. The van der Waals surface area contributed by atoms with Gasteiger partial charge in [-0.1, -0.05) is 6.92 Å². The highest BCUT2D eigenvalue weighted by molar-refractivity contribution is 5.77. The third-order valence-electron chi connectivity index (χ3n) is 3.34. The van der Waals surface area contributed by atoms with Gasteiger partial charge in [0.25, 0.3) is 0 Å². The zero-order valence-corrected chi connectivity index (χ0v) is 11.9. The number of benzene rings is 1. The molecule has 2 rings (SSSR count). The van der Waals surface area contributed by atoms with E-state index in [1.165, 1.54) is 11.3 Å². The standard InChI is InChI=1S/C15H23N3O/c1-3-10-18-14-8-7-12(19-2)11-13(14)17-15(18)6-4-5-9-16/h7-8,11H,3-6,9-10,16H2,1-2H3. The molecule has 4 nitrogen and oxygen atoms in total. The van der Waals surface area contributed by atoms with Gasteiger partial charge in [-0.05, 0) is 37.9 Å². The first-order chi connectivity index (χ1) is 9.30. The van der Waals surface area contributed by atoms with E-state index < -0.39 is 0 Å². The predicted octanol–water partition coefficient (Wildman–Crippen LogP) is 2.74. The zero-order chi connectivity index (χ0) is 13.7. The SMILES string of the molecule is CCCn1c(CCCCN)nc2cc(OC)ccc21. The number of fused-ring (bicyclic) bond motifs is 1. The number of imidazole rings is 1. The van der Waals surface area contributed by atoms with Gasteiger partial charge in [-0.25, -0.2) is 4.98 Å². The fourth-order valence-corrected chi connectivity index (χ4v) is 2.38. The Morgan fingerprint density at radius 3 is 2.84 bits per heavy atom. The predicted molar refractivity (Wildman–Crippen MR) is 78.6 cm³/mol. The van der Waals surface area contributed by atoms with Crippen LogP contribution in [-0.4, -0.2) is 23.2 Å². The van der Waals surface area contributed by atoms with E-state index in [1.54, 1.807) is 7.11 Å². The monoisotopic (exact) mass is 261 g/mol. The number of unbranched alkanes of at least 4 members (excludes halogenated alkanes) is 1. The molecule has 4 heteroatoms. The maximum Gasteiger partial charge on any atom is 0.121 e.